The fourth-order valence-corrected chi connectivity index (χ4v) is 6.30. The van der Waals surface area contributed by atoms with E-state index in [2.05, 4.69) is 34.7 Å². The fourth-order valence-electron chi connectivity index (χ4n) is 6.30. The van der Waals surface area contributed by atoms with E-state index in [1.54, 1.807) is 18.5 Å². The second kappa shape index (κ2) is 9.53. The van der Waals surface area contributed by atoms with E-state index < -0.39 is 11.0 Å². The van der Waals surface area contributed by atoms with Crippen molar-refractivity contribution in [3.63, 3.8) is 0 Å². The molecule has 5 rings (SSSR count). The van der Waals surface area contributed by atoms with Crippen molar-refractivity contribution >= 4 is 11.6 Å². The van der Waals surface area contributed by atoms with E-state index >= 15 is 0 Å². The Balaban J connectivity index is 0.000000821. The normalized spacial score (nSPS) is 34.7. The molecule has 1 aromatic heterocycles. The van der Waals surface area contributed by atoms with Crippen molar-refractivity contribution in [2.75, 3.05) is 19.4 Å². The summed E-state index contributed by atoms with van der Waals surface area (Å²) in [4.78, 5) is 17.2. The van der Waals surface area contributed by atoms with E-state index in [1.807, 2.05) is 26.2 Å². The zero-order valence-corrected chi connectivity index (χ0v) is 20.0. The van der Waals surface area contributed by atoms with Crippen LogP contribution in [0.15, 0.2) is 59.5 Å². The van der Waals surface area contributed by atoms with Gasteiger partial charge in [0.15, 0.2) is 0 Å². The Labute approximate surface area is 196 Å². The lowest BCUT2D eigenvalue weighted by Gasteiger charge is -2.48. The molecule has 33 heavy (non-hydrogen) atoms. The lowest BCUT2D eigenvalue weighted by atomic mass is 9.59. The van der Waals surface area contributed by atoms with Gasteiger partial charge in [-0.15, -0.1) is 0 Å². The number of anilines is 1. The summed E-state index contributed by atoms with van der Waals surface area (Å²) in [5.74, 6) is 0.344. The molecule has 0 spiro atoms. The van der Waals surface area contributed by atoms with Crippen LogP contribution < -0.4 is 10.6 Å². The van der Waals surface area contributed by atoms with Gasteiger partial charge in [-0.25, -0.2) is 0 Å². The van der Waals surface area contributed by atoms with Crippen LogP contribution in [-0.2, 0) is 4.79 Å². The molecule has 0 bridgehead atoms. The smallest absolute Gasteiger partial charge is 0.251 e. The second-order valence-electron chi connectivity index (χ2n) is 10.2. The summed E-state index contributed by atoms with van der Waals surface area (Å²) in [5.41, 5.74) is 2.43. The number of rotatable bonds is 2. The largest absolute Gasteiger partial charge is 0.393 e. The first-order valence-corrected chi connectivity index (χ1v) is 12.1. The Kier molecular flexibility index (Phi) is 6.89. The Bertz CT molecular complexity index is 970. The molecule has 0 saturated heterocycles. The Morgan fingerprint density at radius 1 is 1.21 bits per heavy atom. The number of nitrogens with one attached hydrogen (secondary N) is 2. The van der Waals surface area contributed by atoms with Crippen LogP contribution in [0.4, 0.5) is 5.69 Å². The molecule has 4 unspecified atom stereocenters. The summed E-state index contributed by atoms with van der Waals surface area (Å²) in [7, 11) is 3.75. The van der Waals surface area contributed by atoms with Crippen LogP contribution in [0.5, 0.6) is 0 Å². The molecule has 6 heteroatoms. The standard InChI is InChI=1S/C25H30N2O3.C2H7N/c1-24-10-9-18-13-17-14-20(28)5-4-16(17)8-11-25(18,30)22(24)7-6-21(24)23(29)27-19-3-2-12-26-15-19;1-3-2/h2-3,6,9,12-13,15-16,20,22,28,30H,4-5,7-8,10-11,14H2,1H3,(H,27,29);3H,1-2H3/t16?,20?,22?,24?,25-;/m1./s1. The molecule has 0 aromatic carbocycles. The minimum Gasteiger partial charge on any atom is -0.393 e. The number of fused-ring (bicyclic) bond motifs is 4. The molecule has 1 amide bonds. The van der Waals surface area contributed by atoms with Crippen LogP contribution in [0.2, 0.25) is 0 Å². The maximum atomic E-state index is 13.1. The molecule has 1 fully saturated rings. The van der Waals surface area contributed by atoms with Crippen LogP contribution in [-0.4, -0.2) is 46.9 Å². The van der Waals surface area contributed by atoms with E-state index in [9.17, 15) is 15.0 Å². The molecule has 4 aliphatic carbocycles. The van der Waals surface area contributed by atoms with Crippen LogP contribution in [0.1, 0.15) is 51.9 Å². The van der Waals surface area contributed by atoms with Gasteiger partial charge in [0.05, 0.1) is 23.6 Å². The van der Waals surface area contributed by atoms with Crippen molar-refractivity contribution in [1.29, 1.82) is 0 Å². The molecule has 5 atom stereocenters. The molecule has 178 valence electrons. The van der Waals surface area contributed by atoms with Crippen molar-refractivity contribution in [2.24, 2.45) is 17.3 Å². The average Bonchev–Trinajstić information content (AvgIpc) is 3.08. The quantitative estimate of drug-likeness (QED) is 0.549. The van der Waals surface area contributed by atoms with Crippen molar-refractivity contribution in [1.82, 2.24) is 10.3 Å². The number of carbonyl (C=O) groups is 1. The monoisotopic (exact) mass is 451 g/mol. The lowest BCUT2D eigenvalue weighted by Crippen LogP contribution is -2.49. The molecule has 0 radical (unpaired) electrons. The summed E-state index contributed by atoms with van der Waals surface area (Å²) in [5, 5.41) is 27.8. The number of pyridine rings is 1. The number of amides is 1. The first-order chi connectivity index (χ1) is 15.8. The van der Waals surface area contributed by atoms with Gasteiger partial charge in [0.25, 0.3) is 5.91 Å². The van der Waals surface area contributed by atoms with Gasteiger partial charge >= 0.3 is 0 Å². The number of carbonyl (C=O) groups excluding carboxylic acids is 1. The number of aromatic nitrogens is 1. The molecule has 4 N–H and O–H groups in total. The van der Waals surface area contributed by atoms with Crippen molar-refractivity contribution in [3.05, 3.63) is 59.5 Å². The zero-order chi connectivity index (χ0) is 23.6. The summed E-state index contributed by atoms with van der Waals surface area (Å²) >= 11 is 0. The molecule has 6 nitrogen and oxygen atoms in total. The summed E-state index contributed by atoms with van der Waals surface area (Å²) in [6, 6.07) is 3.64. The number of aliphatic hydroxyl groups is 2. The van der Waals surface area contributed by atoms with E-state index in [0.29, 0.717) is 24.4 Å². The number of hydrogen-bond acceptors (Lipinski definition) is 5. The topological polar surface area (TPSA) is 94.5 Å². The number of nitrogens with zero attached hydrogens (tertiary/aromatic N) is 1. The van der Waals surface area contributed by atoms with E-state index in [0.717, 1.165) is 43.3 Å². The summed E-state index contributed by atoms with van der Waals surface area (Å²) in [6.07, 6.45) is 15.1. The van der Waals surface area contributed by atoms with Crippen molar-refractivity contribution in [3.8, 4) is 0 Å². The van der Waals surface area contributed by atoms with Crippen molar-refractivity contribution < 1.29 is 15.0 Å². The van der Waals surface area contributed by atoms with Gasteiger partial charge in [0, 0.05) is 23.1 Å². The third-order valence-electron chi connectivity index (χ3n) is 7.99. The van der Waals surface area contributed by atoms with Crippen LogP contribution in [0.3, 0.4) is 0 Å². The second-order valence-corrected chi connectivity index (χ2v) is 10.2. The van der Waals surface area contributed by atoms with E-state index in [1.165, 1.54) is 5.57 Å². The highest BCUT2D eigenvalue weighted by molar-refractivity contribution is 6.05. The highest BCUT2D eigenvalue weighted by Crippen LogP contribution is 2.59. The van der Waals surface area contributed by atoms with Crippen LogP contribution >= 0.6 is 0 Å². The van der Waals surface area contributed by atoms with E-state index in [-0.39, 0.29) is 17.9 Å². The SMILES string of the molecule is CC12CC=C3C=C4CC(O)CCC4CC[C@]3(O)C1CC=C2C(=O)Nc1cccnc1.CNC. The number of hydrogen-bond donors (Lipinski definition) is 4. The van der Waals surface area contributed by atoms with Gasteiger partial charge in [0.1, 0.15) is 0 Å². The average molecular weight is 452 g/mol. The molecule has 4 aliphatic rings. The van der Waals surface area contributed by atoms with Gasteiger partial charge in [-0.3, -0.25) is 9.78 Å². The maximum Gasteiger partial charge on any atom is 0.251 e. The first kappa shape index (κ1) is 23.9. The lowest BCUT2D eigenvalue weighted by molar-refractivity contribution is -0.114. The highest BCUT2D eigenvalue weighted by Gasteiger charge is 2.56. The third kappa shape index (κ3) is 4.44. The predicted octanol–water partition coefficient (Wildman–Crippen LogP) is 3.75. The minimum atomic E-state index is -0.922. The molecular weight excluding hydrogens is 414 g/mol. The first-order valence-electron chi connectivity index (χ1n) is 12.1. The Morgan fingerprint density at radius 2 is 2.00 bits per heavy atom. The molecule has 1 saturated carbocycles. The maximum absolute atomic E-state index is 13.1. The zero-order valence-electron chi connectivity index (χ0n) is 20.0. The Morgan fingerprint density at radius 3 is 2.73 bits per heavy atom. The minimum absolute atomic E-state index is 0.0124. The van der Waals surface area contributed by atoms with Crippen molar-refractivity contribution in [2.45, 2.75) is 63.6 Å². The van der Waals surface area contributed by atoms with Crippen LogP contribution in [0, 0.1) is 17.3 Å². The van der Waals surface area contributed by atoms with Gasteiger partial charge in [0.2, 0.25) is 0 Å². The molecule has 1 heterocycles. The predicted molar refractivity (Wildman–Crippen MR) is 130 cm³/mol. The van der Waals surface area contributed by atoms with Gasteiger partial charge < -0.3 is 20.8 Å². The highest BCUT2D eigenvalue weighted by atomic mass is 16.3. The Hall–Kier alpha value is -2.28. The van der Waals surface area contributed by atoms with Crippen LogP contribution in [0.25, 0.3) is 0 Å². The third-order valence-corrected chi connectivity index (χ3v) is 7.99. The molecular formula is C27H37N3O3. The van der Waals surface area contributed by atoms with Gasteiger partial charge in [-0.05, 0) is 82.7 Å². The van der Waals surface area contributed by atoms with Gasteiger partial charge in [-0.2, -0.15) is 0 Å². The number of allylic oxidation sites excluding steroid dienone is 2. The number of aliphatic hydroxyl groups excluding tert-OH is 1. The molecule has 0 aliphatic heterocycles. The summed E-state index contributed by atoms with van der Waals surface area (Å²) in [6.45, 7) is 2.12. The van der Waals surface area contributed by atoms with E-state index in [4.69, 9.17) is 0 Å². The fraction of sp³-hybridized carbons (Fsp3) is 0.556. The summed E-state index contributed by atoms with van der Waals surface area (Å²) < 4.78 is 0. The van der Waals surface area contributed by atoms with Gasteiger partial charge in [-0.1, -0.05) is 30.7 Å². The molecule has 1 aromatic rings.